The van der Waals surface area contributed by atoms with Gasteiger partial charge in [-0.05, 0) is 37.6 Å². The van der Waals surface area contributed by atoms with Gasteiger partial charge < -0.3 is 10.6 Å². The number of alkyl halides is 3. The Labute approximate surface area is 171 Å². The van der Waals surface area contributed by atoms with Crippen molar-refractivity contribution in [1.29, 1.82) is 0 Å². The molecule has 3 aromatic rings. The number of anilines is 3. The molecule has 9 heteroatoms. The number of aromatic nitrogens is 3. The number of benzene rings is 1. The Morgan fingerprint density at radius 1 is 1.10 bits per heavy atom. The molecular weight excluding hydrogens is 403 g/mol. The van der Waals surface area contributed by atoms with Crippen LogP contribution in [0, 0.1) is 0 Å². The average Bonchev–Trinajstić information content (AvgIpc) is 2.69. The van der Waals surface area contributed by atoms with Crippen LogP contribution in [-0.4, -0.2) is 21.0 Å². The van der Waals surface area contributed by atoms with Crippen LogP contribution in [0.2, 0.25) is 5.02 Å². The van der Waals surface area contributed by atoms with Crippen LogP contribution in [0.4, 0.5) is 30.6 Å². The summed E-state index contributed by atoms with van der Waals surface area (Å²) in [6.45, 7) is 3.97. The summed E-state index contributed by atoms with van der Waals surface area (Å²) in [5, 5.41) is 5.83. The summed E-state index contributed by atoms with van der Waals surface area (Å²) in [6, 6.07) is 8.79. The molecule has 0 radical (unpaired) electrons. The van der Waals surface area contributed by atoms with Gasteiger partial charge in [-0.25, -0.2) is 4.98 Å². The molecule has 0 unspecified atom stereocenters. The molecule has 0 fully saturated rings. The Hall–Kier alpha value is -2.87. The summed E-state index contributed by atoms with van der Waals surface area (Å²) >= 11 is 6.06. The van der Waals surface area contributed by atoms with E-state index in [0.29, 0.717) is 11.6 Å². The molecule has 5 nitrogen and oxygen atoms in total. The maximum Gasteiger partial charge on any atom is 0.418 e. The average molecular weight is 422 g/mol. The highest BCUT2D eigenvalue weighted by molar-refractivity contribution is 6.33. The van der Waals surface area contributed by atoms with Gasteiger partial charge in [0.25, 0.3) is 0 Å². The molecule has 0 spiro atoms. The summed E-state index contributed by atoms with van der Waals surface area (Å²) in [5.74, 6) is 0.494. The zero-order valence-electron chi connectivity index (χ0n) is 15.8. The van der Waals surface area contributed by atoms with Crippen molar-refractivity contribution in [3.8, 4) is 11.3 Å². The third-order valence-electron chi connectivity index (χ3n) is 4.26. The first-order valence-electron chi connectivity index (χ1n) is 8.96. The summed E-state index contributed by atoms with van der Waals surface area (Å²) in [7, 11) is 0. The highest BCUT2D eigenvalue weighted by Gasteiger charge is 2.34. The largest absolute Gasteiger partial charge is 0.418 e. The van der Waals surface area contributed by atoms with Gasteiger partial charge in [0.05, 0.1) is 22.0 Å². The summed E-state index contributed by atoms with van der Waals surface area (Å²) in [5.41, 5.74) is 0.171. The summed E-state index contributed by atoms with van der Waals surface area (Å²) in [4.78, 5) is 12.8. The molecule has 1 aromatic carbocycles. The van der Waals surface area contributed by atoms with E-state index in [9.17, 15) is 13.2 Å². The molecule has 0 amide bonds. The van der Waals surface area contributed by atoms with Gasteiger partial charge in [0, 0.05) is 30.1 Å². The molecular formula is C20H19ClF3N5. The quantitative estimate of drug-likeness (QED) is 0.498. The lowest BCUT2D eigenvalue weighted by Gasteiger charge is -2.17. The van der Waals surface area contributed by atoms with Crippen molar-refractivity contribution in [3.63, 3.8) is 0 Å². The Bertz CT molecular complexity index is 980. The van der Waals surface area contributed by atoms with Crippen LogP contribution in [-0.2, 0) is 6.18 Å². The van der Waals surface area contributed by atoms with Gasteiger partial charge in [0.1, 0.15) is 5.82 Å². The van der Waals surface area contributed by atoms with Gasteiger partial charge in [0.15, 0.2) is 0 Å². The van der Waals surface area contributed by atoms with E-state index in [1.54, 1.807) is 30.6 Å². The van der Waals surface area contributed by atoms with Crippen LogP contribution in [0.1, 0.15) is 25.8 Å². The summed E-state index contributed by atoms with van der Waals surface area (Å²) < 4.78 is 40.3. The second-order valence-electron chi connectivity index (χ2n) is 6.44. The van der Waals surface area contributed by atoms with Gasteiger partial charge in [-0.1, -0.05) is 24.6 Å². The lowest BCUT2D eigenvalue weighted by Crippen LogP contribution is -2.16. The Balaban J connectivity index is 2.07. The molecule has 1 atom stereocenters. The van der Waals surface area contributed by atoms with E-state index < -0.39 is 11.7 Å². The van der Waals surface area contributed by atoms with E-state index in [1.165, 1.54) is 12.1 Å². The van der Waals surface area contributed by atoms with E-state index in [0.717, 1.165) is 18.1 Å². The fourth-order valence-corrected chi connectivity index (χ4v) is 2.81. The fourth-order valence-electron chi connectivity index (χ4n) is 2.58. The maximum absolute atomic E-state index is 13.4. The number of pyridine rings is 1. The number of nitrogens with zero attached hydrogens (tertiary/aromatic N) is 3. The van der Waals surface area contributed by atoms with E-state index in [-0.39, 0.29) is 22.6 Å². The summed E-state index contributed by atoms with van der Waals surface area (Å²) in [6.07, 6.45) is -0.509. The monoisotopic (exact) mass is 421 g/mol. The van der Waals surface area contributed by atoms with Crippen molar-refractivity contribution in [2.24, 2.45) is 0 Å². The first-order chi connectivity index (χ1) is 13.8. The van der Waals surface area contributed by atoms with Crippen molar-refractivity contribution in [2.45, 2.75) is 32.5 Å². The van der Waals surface area contributed by atoms with Crippen LogP contribution in [0.5, 0.6) is 0 Å². The van der Waals surface area contributed by atoms with Gasteiger partial charge in [-0.3, -0.25) is 4.98 Å². The number of para-hydroxylation sites is 1. The second kappa shape index (κ2) is 8.65. The van der Waals surface area contributed by atoms with E-state index in [1.807, 2.05) is 13.8 Å². The third-order valence-corrected chi connectivity index (χ3v) is 4.58. The van der Waals surface area contributed by atoms with E-state index >= 15 is 0 Å². The Morgan fingerprint density at radius 2 is 1.83 bits per heavy atom. The van der Waals surface area contributed by atoms with Crippen LogP contribution >= 0.6 is 11.6 Å². The predicted molar refractivity (Wildman–Crippen MR) is 108 cm³/mol. The van der Waals surface area contributed by atoms with Crippen molar-refractivity contribution < 1.29 is 13.2 Å². The van der Waals surface area contributed by atoms with Crippen LogP contribution in [0.15, 0.2) is 48.8 Å². The minimum Gasteiger partial charge on any atom is -0.352 e. The molecule has 29 heavy (non-hydrogen) atoms. The Kier molecular flexibility index (Phi) is 6.22. The van der Waals surface area contributed by atoms with Crippen molar-refractivity contribution in [3.05, 3.63) is 59.4 Å². The topological polar surface area (TPSA) is 62.7 Å². The molecule has 3 rings (SSSR count). The first kappa shape index (κ1) is 20.9. The maximum atomic E-state index is 13.4. The molecule has 2 N–H and O–H groups in total. The first-order valence-corrected chi connectivity index (χ1v) is 9.34. The molecule has 0 bridgehead atoms. The molecule has 0 aliphatic rings. The molecule has 0 saturated carbocycles. The number of hydrogen-bond acceptors (Lipinski definition) is 5. The number of rotatable bonds is 6. The zero-order chi connectivity index (χ0) is 21.0. The van der Waals surface area contributed by atoms with Crippen LogP contribution in [0.25, 0.3) is 11.3 Å². The standard InChI is InChI=1S/C20H19ClF3N5/c1-3-12(2)26-19-27-16(13-7-9-25-10-8-13)11-17(29-19)28-18-14(20(22,23)24)5-4-6-15(18)21/h4-12H,3H2,1-2H3,(H2,26,27,28,29)/t12-/m1/s1. The van der Waals surface area contributed by atoms with Crippen LogP contribution in [0.3, 0.4) is 0 Å². The van der Waals surface area contributed by atoms with Crippen molar-refractivity contribution >= 4 is 29.1 Å². The number of hydrogen-bond donors (Lipinski definition) is 2. The van der Waals surface area contributed by atoms with E-state index in [2.05, 4.69) is 25.6 Å². The lowest BCUT2D eigenvalue weighted by atomic mass is 10.1. The van der Waals surface area contributed by atoms with E-state index in [4.69, 9.17) is 11.6 Å². The molecule has 0 saturated heterocycles. The Morgan fingerprint density at radius 3 is 2.48 bits per heavy atom. The second-order valence-corrected chi connectivity index (χ2v) is 6.84. The fraction of sp³-hybridized carbons (Fsp3) is 0.250. The van der Waals surface area contributed by atoms with Gasteiger partial charge >= 0.3 is 6.18 Å². The molecule has 2 aromatic heterocycles. The highest BCUT2D eigenvalue weighted by atomic mass is 35.5. The SMILES string of the molecule is CC[C@@H](C)Nc1nc(Nc2c(Cl)cccc2C(F)(F)F)cc(-c2ccncc2)n1. The number of nitrogens with one attached hydrogen (secondary N) is 2. The minimum atomic E-state index is -4.56. The van der Waals surface area contributed by atoms with Crippen molar-refractivity contribution in [2.75, 3.05) is 10.6 Å². The van der Waals surface area contributed by atoms with Crippen LogP contribution < -0.4 is 10.6 Å². The normalized spacial score (nSPS) is 12.5. The third kappa shape index (κ3) is 5.14. The number of halogens is 4. The highest BCUT2D eigenvalue weighted by Crippen LogP contribution is 2.40. The molecule has 2 heterocycles. The predicted octanol–water partition coefficient (Wildman–Crippen LogP) is 6.16. The van der Waals surface area contributed by atoms with Crippen molar-refractivity contribution in [1.82, 2.24) is 15.0 Å². The minimum absolute atomic E-state index is 0.0552. The van der Waals surface area contributed by atoms with Gasteiger partial charge in [-0.15, -0.1) is 0 Å². The zero-order valence-corrected chi connectivity index (χ0v) is 16.5. The molecule has 0 aliphatic heterocycles. The smallest absolute Gasteiger partial charge is 0.352 e. The lowest BCUT2D eigenvalue weighted by molar-refractivity contribution is -0.136. The van der Waals surface area contributed by atoms with Gasteiger partial charge in [-0.2, -0.15) is 18.2 Å². The molecule has 0 aliphatic carbocycles. The molecule has 152 valence electrons. The van der Waals surface area contributed by atoms with Gasteiger partial charge in [0.2, 0.25) is 5.95 Å².